The maximum absolute atomic E-state index is 12.1. The van der Waals surface area contributed by atoms with Crippen LogP contribution in [-0.4, -0.2) is 29.7 Å². The van der Waals surface area contributed by atoms with Crippen molar-refractivity contribution in [3.8, 4) is 0 Å². The third-order valence-corrected chi connectivity index (χ3v) is 3.53. The molecule has 0 spiro atoms. The van der Waals surface area contributed by atoms with Gasteiger partial charge in [-0.2, -0.15) is 0 Å². The van der Waals surface area contributed by atoms with Crippen LogP contribution in [0.2, 0.25) is 0 Å². The largest absolute Gasteiger partial charge is 0.478 e. The highest BCUT2D eigenvalue weighted by atomic mass is 16.5. The molecule has 1 aliphatic rings. The van der Waals surface area contributed by atoms with Gasteiger partial charge in [0.25, 0.3) is 5.91 Å². The van der Waals surface area contributed by atoms with E-state index in [1.165, 1.54) is 6.07 Å². The molecule has 5 nitrogen and oxygen atoms in total. The second-order valence-electron chi connectivity index (χ2n) is 5.13. The van der Waals surface area contributed by atoms with Gasteiger partial charge in [0, 0.05) is 12.3 Å². The summed E-state index contributed by atoms with van der Waals surface area (Å²) >= 11 is 0. The Bertz CT molecular complexity index is 533. The third kappa shape index (κ3) is 3.17. The first kappa shape index (κ1) is 14.5. The number of rotatable bonds is 3. The van der Waals surface area contributed by atoms with Crippen LogP contribution in [-0.2, 0) is 9.53 Å². The molecule has 0 saturated carbocycles. The van der Waals surface area contributed by atoms with E-state index in [1.807, 2.05) is 6.92 Å². The molecule has 108 valence electrons. The predicted molar refractivity (Wildman–Crippen MR) is 75.1 cm³/mol. The first-order chi connectivity index (χ1) is 9.49. The van der Waals surface area contributed by atoms with Crippen LogP contribution in [0, 0.1) is 13.8 Å². The van der Waals surface area contributed by atoms with Crippen LogP contribution >= 0.6 is 0 Å². The number of hydrogen-bond acceptors (Lipinski definition) is 3. The van der Waals surface area contributed by atoms with E-state index in [4.69, 9.17) is 9.84 Å². The fourth-order valence-corrected chi connectivity index (χ4v) is 2.38. The lowest BCUT2D eigenvalue weighted by Crippen LogP contribution is -2.33. The Morgan fingerprint density at radius 3 is 2.60 bits per heavy atom. The van der Waals surface area contributed by atoms with Gasteiger partial charge in [-0.05, 0) is 50.3 Å². The van der Waals surface area contributed by atoms with E-state index in [0.717, 1.165) is 18.4 Å². The van der Waals surface area contributed by atoms with E-state index in [0.29, 0.717) is 24.3 Å². The summed E-state index contributed by atoms with van der Waals surface area (Å²) in [6.45, 7) is 4.19. The van der Waals surface area contributed by atoms with Gasteiger partial charge in [0.15, 0.2) is 0 Å². The zero-order valence-corrected chi connectivity index (χ0v) is 11.7. The SMILES string of the molecule is Cc1cc(C)c(C(=O)O)cc1NC(=O)C1CCCCO1. The van der Waals surface area contributed by atoms with Crippen molar-refractivity contribution in [2.45, 2.75) is 39.2 Å². The zero-order valence-electron chi connectivity index (χ0n) is 11.7. The van der Waals surface area contributed by atoms with Crippen molar-refractivity contribution in [2.24, 2.45) is 0 Å². The summed E-state index contributed by atoms with van der Waals surface area (Å²) in [5.74, 6) is -1.19. The molecular formula is C15H19NO4. The van der Waals surface area contributed by atoms with Crippen LogP contribution in [0.4, 0.5) is 5.69 Å². The summed E-state index contributed by atoms with van der Waals surface area (Å²) in [4.78, 5) is 23.2. The molecule has 20 heavy (non-hydrogen) atoms. The van der Waals surface area contributed by atoms with E-state index in [-0.39, 0.29) is 11.5 Å². The Morgan fingerprint density at radius 1 is 1.25 bits per heavy atom. The number of carbonyl (C=O) groups excluding carboxylic acids is 1. The van der Waals surface area contributed by atoms with Gasteiger partial charge in [0.2, 0.25) is 0 Å². The van der Waals surface area contributed by atoms with E-state index in [2.05, 4.69) is 5.32 Å². The first-order valence-corrected chi connectivity index (χ1v) is 6.76. The van der Waals surface area contributed by atoms with Gasteiger partial charge < -0.3 is 15.2 Å². The second kappa shape index (κ2) is 6.05. The minimum absolute atomic E-state index is 0.201. The average Bonchev–Trinajstić information content (AvgIpc) is 2.42. The molecule has 1 amide bonds. The number of hydrogen-bond donors (Lipinski definition) is 2. The standard InChI is InChI=1S/C15H19NO4/c1-9-7-10(2)12(8-11(9)15(18)19)16-14(17)13-5-3-4-6-20-13/h7-8,13H,3-6H2,1-2H3,(H,16,17)(H,18,19). The topological polar surface area (TPSA) is 75.6 Å². The highest BCUT2D eigenvalue weighted by Gasteiger charge is 2.22. The molecule has 1 heterocycles. The lowest BCUT2D eigenvalue weighted by Gasteiger charge is -2.22. The summed E-state index contributed by atoms with van der Waals surface area (Å²) in [5.41, 5.74) is 2.27. The summed E-state index contributed by atoms with van der Waals surface area (Å²) < 4.78 is 5.42. The number of anilines is 1. The van der Waals surface area contributed by atoms with Crippen LogP contribution in [0.5, 0.6) is 0 Å². The van der Waals surface area contributed by atoms with Crippen molar-refractivity contribution >= 4 is 17.6 Å². The highest BCUT2D eigenvalue weighted by Crippen LogP contribution is 2.22. The predicted octanol–water partition coefficient (Wildman–Crippen LogP) is 2.51. The van der Waals surface area contributed by atoms with Gasteiger partial charge in [-0.15, -0.1) is 0 Å². The Kier molecular flexibility index (Phi) is 4.39. The smallest absolute Gasteiger partial charge is 0.336 e. The van der Waals surface area contributed by atoms with Crippen molar-refractivity contribution in [3.05, 3.63) is 28.8 Å². The number of amides is 1. The van der Waals surface area contributed by atoms with Crippen molar-refractivity contribution in [1.82, 2.24) is 0 Å². The molecule has 1 saturated heterocycles. The molecule has 2 rings (SSSR count). The minimum atomic E-state index is -0.994. The van der Waals surface area contributed by atoms with Crippen molar-refractivity contribution in [2.75, 3.05) is 11.9 Å². The molecule has 1 atom stereocenters. The summed E-state index contributed by atoms with van der Waals surface area (Å²) in [5, 5.41) is 11.9. The molecule has 2 N–H and O–H groups in total. The maximum Gasteiger partial charge on any atom is 0.336 e. The lowest BCUT2D eigenvalue weighted by atomic mass is 10.0. The number of benzene rings is 1. The Labute approximate surface area is 117 Å². The Hall–Kier alpha value is -1.88. The molecule has 1 aliphatic heterocycles. The van der Waals surface area contributed by atoms with Gasteiger partial charge in [-0.25, -0.2) is 4.79 Å². The fraction of sp³-hybridized carbons (Fsp3) is 0.467. The van der Waals surface area contributed by atoms with Crippen LogP contribution in [0.25, 0.3) is 0 Å². The number of aryl methyl sites for hydroxylation is 2. The maximum atomic E-state index is 12.1. The Balaban J connectivity index is 2.18. The molecule has 1 aromatic carbocycles. The zero-order chi connectivity index (χ0) is 14.7. The Morgan fingerprint density at radius 2 is 2.00 bits per heavy atom. The van der Waals surface area contributed by atoms with Crippen LogP contribution in [0.1, 0.15) is 40.7 Å². The van der Waals surface area contributed by atoms with E-state index in [9.17, 15) is 9.59 Å². The van der Waals surface area contributed by atoms with E-state index < -0.39 is 12.1 Å². The number of carboxylic acids is 1. The molecule has 1 unspecified atom stereocenters. The average molecular weight is 277 g/mol. The van der Waals surface area contributed by atoms with Crippen LogP contribution in [0.15, 0.2) is 12.1 Å². The molecule has 0 bridgehead atoms. The third-order valence-electron chi connectivity index (χ3n) is 3.53. The van der Waals surface area contributed by atoms with Crippen LogP contribution < -0.4 is 5.32 Å². The molecule has 1 fully saturated rings. The number of aromatic carboxylic acids is 1. The number of nitrogens with one attached hydrogen (secondary N) is 1. The molecule has 5 heteroatoms. The molecular weight excluding hydrogens is 258 g/mol. The van der Waals surface area contributed by atoms with Crippen molar-refractivity contribution < 1.29 is 19.4 Å². The van der Waals surface area contributed by atoms with Crippen molar-refractivity contribution in [3.63, 3.8) is 0 Å². The fourth-order valence-electron chi connectivity index (χ4n) is 2.38. The first-order valence-electron chi connectivity index (χ1n) is 6.76. The minimum Gasteiger partial charge on any atom is -0.478 e. The molecule has 1 aromatic rings. The van der Waals surface area contributed by atoms with Gasteiger partial charge in [0.1, 0.15) is 6.10 Å². The van der Waals surface area contributed by atoms with Gasteiger partial charge in [-0.1, -0.05) is 6.07 Å². The quantitative estimate of drug-likeness (QED) is 0.890. The molecule has 0 aliphatic carbocycles. The van der Waals surface area contributed by atoms with Gasteiger partial charge in [0.05, 0.1) is 5.56 Å². The normalized spacial score (nSPS) is 18.6. The number of carboxylic acid groups (broad SMARTS) is 1. The van der Waals surface area contributed by atoms with Crippen molar-refractivity contribution in [1.29, 1.82) is 0 Å². The molecule has 0 radical (unpaired) electrons. The summed E-state index contributed by atoms with van der Waals surface area (Å²) in [7, 11) is 0. The van der Waals surface area contributed by atoms with Gasteiger partial charge >= 0.3 is 5.97 Å². The van der Waals surface area contributed by atoms with E-state index in [1.54, 1.807) is 13.0 Å². The van der Waals surface area contributed by atoms with E-state index >= 15 is 0 Å². The second-order valence-corrected chi connectivity index (χ2v) is 5.13. The highest BCUT2D eigenvalue weighted by molar-refractivity contribution is 5.97. The monoisotopic (exact) mass is 277 g/mol. The summed E-state index contributed by atoms with van der Waals surface area (Å²) in [6.07, 6.45) is 2.24. The lowest BCUT2D eigenvalue weighted by molar-refractivity contribution is -0.129. The van der Waals surface area contributed by atoms with Crippen LogP contribution in [0.3, 0.4) is 0 Å². The number of carbonyl (C=O) groups is 2. The number of ether oxygens (including phenoxy) is 1. The molecule has 0 aromatic heterocycles. The van der Waals surface area contributed by atoms with Gasteiger partial charge in [-0.3, -0.25) is 4.79 Å². The summed E-state index contributed by atoms with van der Waals surface area (Å²) in [6, 6.07) is 3.27.